The van der Waals surface area contributed by atoms with E-state index in [4.69, 9.17) is 0 Å². The second-order valence-corrected chi connectivity index (χ2v) is 7.41. The summed E-state index contributed by atoms with van der Waals surface area (Å²) in [4.78, 5) is 17.3. The molecule has 4 rings (SSSR count). The monoisotopic (exact) mass is 356 g/mol. The van der Waals surface area contributed by atoms with Crippen molar-refractivity contribution in [3.05, 3.63) is 24.4 Å². The van der Waals surface area contributed by atoms with E-state index in [1.807, 2.05) is 28.8 Å². The zero-order chi connectivity index (χ0) is 17.8. The van der Waals surface area contributed by atoms with E-state index in [0.717, 1.165) is 44.1 Å². The first-order valence-corrected chi connectivity index (χ1v) is 9.86. The van der Waals surface area contributed by atoms with Gasteiger partial charge in [0.1, 0.15) is 0 Å². The van der Waals surface area contributed by atoms with Crippen molar-refractivity contribution in [1.29, 1.82) is 0 Å². The summed E-state index contributed by atoms with van der Waals surface area (Å²) in [6.45, 7) is 5.71. The lowest BCUT2D eigenvalue weighted by Crippen LogP contribution is -2.45. The highest BCUT2D eigenvalue weighted by Gasteiger charge is 2.28. The molecule has 7 nitrogen and oxygen atoms in total. The number of carbonyl (C=O) groups is 1. The molecule has 2 fully saturated rings. The second-order valence-electron chi connectivity index (χ2n) is 7.41. The van der Waals surface area contributed by atoms with Crippen molar-refractivity contribution in [3.8, 4) is 0 Å². The molecule has 1 N–H and O–H groups in total. The van der Waals surface area contributed by atoms with Crippen LogP contribution in [0.1, 0.15) is 32.1 Å². The normalized spacial score (nSPS) is 21.8. The minimum atomic E-state index is 0.0289. The van der Waals surface area contributed by atoms with Crippen LogP contribution in [-0.4, -0.2) is 64.7 Å². The largest absolute Gasteiger partial charge is 0.355 e. The van der Waals surface area contributed by atoms with Gasteiger partial charge in [0, 0.05) is 32.4 Å². The molecule has 7 heteroatoms. The summed E-state index contributed by atoms with van der Waals surface area (Å²) in [5.74, 6) is 1.05. The van der Waals surface area contributed by atoms with Gasteiger partial charge in [0.25, 0.3) is 0 Å². The maximum Gasteiger partial charge on any atom is 0.231 e. The first kappa shape index (κ1) is 17.3. The van der Waals surface area contributed by atoms with E-state index >= 15 is 0 Å². The van der Waals surface area contributed by atoms with Crippen LogP contribution in [0.3, 0.4) is 0 Å². The van der Waals surface area contributed by atoms with Crippen molar-refractivity contribution in [2.75, 3.05) is 44.2 Å². The van der Waals surface area contributed by atoms with E-state index in [-0.39, 0.29) is 11.8 Å². The lowest BCUT2D eigenvalue weighted by atomic mass is 9.97. The number of anilines is 1. The first-order chi connectivity index (χ1) is 12.8. The zero-order valence-corrected chi connectivity index (χ0v) is 15.3. The van der Waals surface area contributed by atoms with Crippen LogP contribution < -0.4 is 10.2 Å². The molecule has 26 heavy (non-hydrogen) atoms. The third kappa shape index (κ3) is 3.82. The highest BCUT2D eigenvalue weighted by Crippen LogP contribution is 2.22. The fourth-order valence-electron chi connectivity index (χ4n) is 4.08. The average Bonchev–Trinajstić information content (AvgIpc) is 3.13. The van der Waals surface area contributed by atoms with E-state index < -0.39 is 0 Å². The Bertz CT molecular complexity index is 738. The summed E-state index contributed by atoms with van der Waals surface area (Å²) in [6.07, 6.45) is 7.86. The Hall–Kier alpha value is -2.15. The molecular weight excluding hydrogens is 328 g/mol. The number of likely N-dealkylation sites (tertiary alicyclic amines) is 1. The topological polar surface area (TPSA) is 65.8 Å². The number of carbonyl (C=O) groups excluding carboxylic acids is 1. The van der Waals surface area contributed by atoms with Crippen LogP contribution in [0.15, 0.2) is 24.4 Å². The maximum atomic E-state index is 12.6. The van der Waals surface area contributed by atoms with Crippen LogP contribution in [0.25, 0.3) is 5.65 Å². The number of rotatable bonds is 5. The molecule has 1 amide bonds. The van der Waals surface area contributed by atoms with Gasteiger partial charge < -0.3 is 15.1 Å². The van der Waals surface area contributed by atoms with Gasteiger partial charge in [0.15, 0.2) is 5.65 Å². The summed E-state index contributed by atoms with van der Waals surface area (Å²) in [5, 5.41) is 11.7. The molecule has 2 aromatic rings. The highest BCUT2D eigenvalue weighted by atomic mass is 16.1. The number of nitrogens with zero attached hydrogens (tertiary/aromatic N) is 5. The SMILES string of the molecule is O=C(NCCN1CCCCC1)C1CCCN(c2nnc3ccccn23)C1. The minimum absolute atomic E-state index is 0.0289. The fourth-order valence-corrected chi connectivity index (χ4v) is 4.08. The van der Waals surface area contributed by atoms with Crippen LogP contribution in [-0.2, 0) is 4.79 Å². The van der Waals surface area contributed by atoms with E-state index in [0.29, 0.717) is 6.54 Å². The molecule has 2 aliphatic heterocycles. The number of pyridine rings is 1. The van der Waals surface area contributed by atoms with Gasteiger partial charge in [0.05, 0.1) is 5.92 Å². The van der Waals surface area contributed by atoms with E-state index in [2.05, 4.69) is 25.3 Å². The zero-order valence-electron chi connectivity index (χ0n) is 15.3. The second kappa shape index (κ2) is 8.03. The third-order valence-electron chi connectivity index (χ3n) is 5.55. The summed E-state index contributed by atoms with van der Waals surface area (Å²) in [7, 11) is 0. The van der Waals surface area contributed by atoms with Crippen LogP contribution in [0.4, 0.5) is 5.95 Å². The van der Waals surface area contributed by atoms with Crippen molar-refractivity contribution < 1.29 is 4.79 Å². The molecule has 1 atom stereocenters. The van der Waals surface area contributed by atoms with Crippen LogP contribution in [0.2, 0.25) is 0 Å². The quantitative estimate of drug-likeness (QED) is 0.880. The molecule has 140 valence electrons. The van der Waals surface area contributed by atoms with Crippen LogP contribution >= 0.6 is 0 Å². The smallest absolute Gasteiger partial charge is 0.231 e. The molecule has 0 saturated carbocycles. The summed E-state index contributed by atoms with van der Waals surface area (Å²) in [6, 6.07) is 5.89. The molecule has 0 bridgehead atoms. The summed E-state index contributed by atoms with van der Waals surface area (Å²) < 4.78 is 2.00. The van der Waals surface area contributed by atoms with Gasteiger partial charge in [-0.25, -0.2) is 0 Å². The molecule has 0 aliphatic carbocycles. The van der Waals surface area contributed by atoms with Gasteiger partial charge in [-0.3, -0.25) is 9.20 Å². The Labute approximate surface area is 154 Å². The fraction of sp³-hybridized carbons (Fsp3) is 0.632. The van der Waals surface area contributed by atoms with Crippen LogP contribution in [0, 0.1) is 5.92 Å². The van der Waals surface area contributed by atoms with Crippen LogP contribution in [0.5, 0.6) is 0 Å². The van der Waals surface area contributed by atoms with Crippen molar-refractivity contribution >= 4 is 17.5 Å². The van der Waals surface area contributed by atoms with Crippen molar-refractivity contribution in [2.45, 2.75) is 32.1 Å². The molecule has 2 aromatic heterocycles. The summed E-state index contributed by atoms with van der Waals surface area (Å²) >= 11 is 0. The van der Waals surface area contributed by atoms with Crippen molar-refractivity contribution in [2.24, 2.45) is 5.92 Å². The number of aromatic nitrogens is 3. The molecule has 0 spiro atoms. The molecule has 1 unspecified atom stereocenters. The molecule has 4 heterocycles. The standard InChI is InChI=1S/C19H28N6O/c26-18(20-9-14-23-10-3-1-4-11-23)16-7-6-12-24(15-16)19-22-21-17-8-2-5-13-25(17)19/h2,5,8,13,16H,1,3-4,6-7,9-12,14-15H2,(H,20,26). The van der Waals surface area contributed by atoms with Gasteiger partial charge in [-0.2, -0.15) is 0 Å². The Morgan fingerprint density at radius 2 is 2.00 bits per heavy atom. The number of hydrogen-bond donors (Lipinski definition) is 1. The van der Waals surface area contributed by atoms with E-state index in [1.165, 1.54) is 32.4 Å². The minimum Gasteiger partial charge on any atom is -0.355 e. The van der Waals surface area contributed by atoms with Crippen molar-refractivity contribution in [3.63, 3.8) is 0 Å². The van der Waals surface area contributed by atoms with Gasteiger partial charge in [-0.15, -0.1) is 10.2 Å². The molecular formula is C19H28N6O. The number of hydrogen-bond acceptors (Lipinski definition) is 5. The predicted molar refractivity (Wildman–Crippen MR) is 101 cm³/mol. The average molecular weight is 356 g/mol. The Morgan fingerprint density at radius 1 is 1.12 bits per heavy atom. The van der Waals surface area contributed by atoms with Gasteiger partial charge in [0.2, 0.25) is 11.9 Å². The molecule has 2 aliphatic rings. The number of piperidine rings is 2. The predicted octanol–water partition coefficient (Wildman–Crippen LogP) is 1.55. The third-order valence-corrected chi connectivity index (χ3v) is 5.55. The maximum absolute atomic E-state index is 12.6. The van der Waals surface area contributed by atoms with E-state index in [1.54, 1.807) is 0 Å². The molecule has 0 radical (unpaired) electrons. The number of fused-ring (bicyclic) bond motifs is 1. The number of nitrogens with one attached hydrogen (secondary N) is 1. The Balaban J connectivity index is 1.32. The number of amides is 1. The lowest BCUT2D eigenvalue weighted by Gasteiger charge is -2.32. The lowest BCUT2D eigenvalue weighted by molar-refractivity contribution is -0.125. The Morgan fingerprint density at radius 3 is 2.88 bits per heavy atom. The molecule has 0 aromatic carbocycles. The van der Waals surface area contributed by atoms with Gasteiger partial charge in [-0.1, -0.05) is 12.5 Å². The van der Waals surface area contributed by atoms with Gasteiger partial charge >= 0.3 is 0 Å². The summed E-state index contributed by atoms with van der Waals surface area (Å²) in [5.41, 5.74) is 0.843. The molecule has 2 saturated heterocycles. The van der Waals surface area contributed by atoms with Gasteiger partial charge in [-0.05, 0) is 50.9 Å². The van der Waals surface area contributed by atoms with E-state index in [9.17, 15) is 4.79 Å². The Kier molecular flexibility index (Phi) is 5.34. The first-order valence-electron chi connectivity index (χ1n) is 9.86. The highest BCUT2D eigenvalue weighted by molar-refractivity contribution is 5.79. The van der Waals surface area contributed by atoms with Crippen molar-refractivity contribution in [1.82, 2.24) is 24.8 Å².